The van der Waals surface area contributed by atoms with Crippen LogP contribution in [0.15, 0.2) is 54.6 Å². The zero-order valence-electron chi connectivity index (χ0n) is 17.7. The summed E-state index contributed by atoms with van der Waals surface area (Å²) < 4.78 is 10.1. The van der Waals surface area contributed by atoms with Gasteiger partial charge in [-0.1, -0.05) is 36.4 Å². The molecule has 7 heteroatoms. The first-order valence-electron chi connectivity index (χ1n) is 10.4. The molecular weight excluding hydrogens is 396 g/mol. The normalized spacial score (nSPS) is 15.4. The summed E-state index contributed by atoms with van der Waals surface area (Å²) >= 11 is 0. The van der Waals surface area contributed by atoms with Crippen molar-refractivity contribution in [3.05, 3.63) is 65.7 Å². The van der Waals surface area contributed by atoms with E-state index in [-0.39, 0.29) is 12.5 Å². The number of carbonyl (C=O) groups excluding carboxylic acids is 3. The highest BCUT2D eigenvalue weighted by atomic mass is 16.5. The lowest BCUT2D eigenvalue weighted by Gasteiger charge is -2.32. The minimum atomic E-state index is -0.457. The molecule has 1 aliphatic heterocycles. The fourth-order valence-electron chi connectivity index (χ4n) is 3.29. The maximum Gasteiger partial charge on any atom is 0.337 e. The Labute approximate surface area is 182 Å². The summed E-state index contributed by atoms with van der Waals surface area (Å²) in [5.74, 6) is 0.741. The number of carbonyl (C=O) groups is 3. The highest BCUT2D eigenvalue weighted by molar-refractivity contribution is 5.89. The van der Waals surface area contributed by atoms with E-state index in [0.29, 0.717) is 37.5 Å². The zero-order valence-corrected chi connectivity index (χ0v) is 17.7. The molecule has 2 aliphatic rings. The Morgan fingerprint density at radius 1 is 1.00 bits per heavy atom. The van der Waals surface area contributed by atoms with Crippen molar-refractivity contribution in [3.63, 3.8) is 0 Å². The van der Waals surface area contributed by atoms with E-state index >= 15 is 0 Å². The van der Waals surface area contributed by atoms with Crippen LogP contribution in [-0.4, -0.2) is 68.0 Å². The molecule has 0 unspecified atom stereocenters. The molecule has 1 saturated heterocycles. The molecule has 0 spiro atoms. The van der Waals surface area contributed by atoms with Gasteiger partial charge in [0.1, 0.15) is 5.75 Å². The number of methoxy groups -OCH3 is 1. The third kappa shape index (κ3) is 6.84. The minimum Gasteiger partial charge on any atom is -0.484 e. The lowest BCUT2D eigenvalue weighted by atomic mass is 10.1. The molecule has 0 radical (unpaired) electrons. The molecule has 0 aromatic heterocycles. The average Bonchev–Trinajstić information content (AvgIpc) is 3.69. The molecule has 1 saturated carbocycles. The van der Waals surface area contributed by atoms with E-state index in [0.717, 1.165) is 12.3 Å². The molecule has 1 heterocycles. The van der Waals surface area contributed by atoms with Crippen molar-refractivity contribution in [2.45, 2.75) is 18.8 Å². The molecule has 1 aliphatic carbocycles. The second-order valence-electron chi connectivity index (χ2n) is 7.52. The molecule has 164 valence electrons. The van der Waals surface area contributed by atoms with Crippen molar-refractivity contribution in [1.29, 1.82) is 0 Å². The van der Waals surface area contributed by atoms with Gasteiger partial charge in [0.15, 0.2) is 6.61 Å². The molecule has 0 bridgehead atoms. The largest absolute Gasteiger partial charge is 0.484 e. The van der Waals surface area contributed by atoms with Gasteiger partial charge in [0.05, 0.1) is 12.7 Å². The number of benzene rings is 2. The first-order chi connectivity index (χ1) is 15.1. The van der Waals surface area contributed by atoms with Gasteiger partial charge in [0, 0.05) is 26.2 Å². The number of nitrogens with zero attached hydrogens (tertiary/aromatic N) is 2. The second kappa shape index (κ2) is 11.2. The quantitative estimate of drug-likeness (QED) is 0.527. The summed E-state index contributed by atoms with van der Waals surface area (Å²) in [6.45, 7) is 1.97. The molecule has 2 fully saturated rings. The van der Waals surface area contributed by atoms with Crippen LogP contribution >= 0.6 is 0 Å². The first-order valence-corrected chi connectivity index (χ1v) is 10.4. The van der Waals surface area contributed by atoms with E-state index in [2.05, 4.69) is 35.1 Å². The Kier molecular flexibility index (Phi) is 8.04. The van der Waals surface area contributed by atoms with Crippen molar-refractivity contribution in [3.8, 4) is 5.75 Å². The topological polar surface area (TPSA) is 76.2 Å². The average molecular weight is 424 g/mol. The summed E-state index contributed by atoms with van der Waals surface area (Å²) in [5.41, 5.74) is 1.89. The third-order valence-corrected chi connectivity index (χ3v) is 5.28. The van der Waals surface area contributed by atoms with Gasteiger partial charge in [0.2, 0.25) is 6.41 Å². The summed E-state index contributed by atoms with van der Waals surface area (Å²) in [4.78, 5) is 37.4. The molecule has 4 rings (SSSR count). The number of ether oxygens (including phenoxy) is 2. The number of hydrogen-bond donors (Lipinski definition) is 0. The molecule has 7 nitrogen and oxygen atoms in total. The van der Waals surface area contributed by atoms with E-state index < -0.39 is 5.97 Å². The maximum absolute atomic E-state index is 12.0. The van der Waals surface area contributed by atoms with Crippen LogP contribution in [0, 0.1) is 0 Å². The summed E-state index contributed by atoms with van der Waals surface area (Å²) in [5, 5.41) is 0. The highest BCUT2D eigenvalue weighted by Crippen LogP contribution is 2.39. The standard InChI is InChI=1S/C15H18N2O5.C9H10/c1-21-15(20)12-3-2-4-13(9-12)22-10-14(19)17-7-5-16(11-18)6-8-17;1-2-4-8(5-3-1)9-6-7-9/h2-4,9,11H,5-8,10H2,1H3;1-5,9H,6-7H2. The number of esters is 1. The minimum absolute atomic E-state index is 0.105. The van der Waals surface area contributed by atoms with Gasteiger partial charge >= 0.3 is 5.97 Å². The Hall–Kier alpha value is -3.35. The molecule has 0 atom stereocenters. The number of amides is 2. The molecule has 31 heavy (non-hydrogen) atoms. The van der Waals surface area contributed by atoms with E-state index in [1.807, 2.05) is 0 Å². The Balaban J connectivity index is 0.000000248. The van der Waals surface area contributed by atoms with Crippen LogP contribution in [-0.2, 0) is 14.3 Å². The van der Waals surface area contributed by atoms with Crippen LogP contribution in [0.4, 0.5) is 0 Å². The van der Waals surface area contributed by atoms with Crippen LogP contribution in [0.1, 0.15) is 34.7 Å². The Bertz CT molecular complexity index is 875. The van der Waals surface area contributed by atoms with E-state index in [1.54, 1.807) is 28.0 Å². The second-order valence-corrected chi connectivity index (χ2v) is 7.52. The van der Waals surface area contributed by atoms with Gasteiger partial charge in [0.25, 0.3) is 5.91 Å². The van der Waals surface area contributed by atoms with Gasteiger partial charge in [-0.3, -0.25) is 9.59 Å². The summed E-state index contributed by atoms with van der Waals surface area (Å²) in [6.07, 6.45) is 3.60. The van der Waals surface area contributed by atoms with E-state index in [4.69, 9.17) is 4.74 Å². The number of hydrogen-bond acceptors (Lipinski definition) is 5. The van der Waals surface area contributed by atoms with Crippen molar-refractivity contribution in [2.24, 2.45) is 0 Å². The Morgan fingerprint density at radius 3 is 2.32 bits per heavy atom. The summed E-state index contributed by atoms with van der Waals surface area (Å²) in [6, 6.07) is 17.2. The van der Waals surface area contributed by atoms with Crippen molar-refractivity contribution in [2.75, 3.05) is 39.9 Å². The van der Waals surface area contributed by atoms with E-state index in [9.17, 15) is 14.4 Å². The first kappa shape index (κ1) is 22.3. The molecule has 2 aromatic carbocycles. The predicted octanol–water partition coefficient (Wildman–Crippen LogP) is 2.72. The molecule has 0 N–H and O–H groups in total. The van der Waals surface area contributed by atoms with Gasteiger partial charge in [-0.15, -0.1) is 0 Å². The predicted molar refractivity (Wildman–Crippen MR) is 116 cm³/mol. The smallest absolute Gasteiger partial charge is 0.337 e. The van der Waals surface area contributed by atoms with Crippen LogP contribution in [0.2, 0.25) is 0 Å². The fraction of sp³-hybridized carbons (Fsp3) is 0.375. The lowest BCUT2D eigenvalue weighted by molar-refractivity contribution is -0.137. The monoisotopic (exact) mass is 424 g/mol. The van der Waals surface area contributed by atoms with Crippen molar-refractivity contribution < 1.29 is 23.9 Å². The molecule has 2 amide bonds. The maximum atomic E-state index is 12.0. The molecule has 2 aromatic rings. The van der Waals surface area contributed by atoms with Crippen molar-refractivity contribution in [1.82, 2.24) is 9.80 Å². The van der Waals surface area contributed by atoms with Crippen LogP contribution in [0.25, 0.3) is 0 Å². The summed E-state index contributed by atoms with van der Waals surface area (Å²) in [7, 11) is 1.30. The van der Waals surface area contributed by atoms with E-state index in [1.165, 1.54) is 31.6 Å². The number of rotatable bonds is 6. The SMILES string of the molecule is COC(=O)c1cccc(OCC(=O)N2CCN(C=O)CC2)c1.c1ccc(C2CC2)cc1. The van der Waals surface area contributed by atoms with Gasteiger partial charge < -0.3 is 19.3 Å². The fourth-order valence-corrected chi connectivity index (χ4v) is 3.29. The Morgan fingerprint density at radius 2 is 1.71 bits per heavy atom. The third-order valence-electron chi connectivity index (χ3n) is 5.28. The zero-order chi connectivity index (χ0) is 22.1. The van der Waals surface area contributed by atoms with Gasteiger partial charge in [-0.2, -0.15) is 0 Å². The lowest BCUT2D eigenvalue weighted by Crippen LogP contribution is -2.49. The van der Waals surface area contributed by atoms with Crippen LogP contribution in [0.5, 0.6) is 5.75 Å². The van der Waals surface area contributed by atoms with Crippen molar-refractivity contribution >= 4 is 18.3 Å². The van der Waals surface area contributed by atoms with Gasteiger partial charge in [-0.05, 0) is 42.5 Å². The number of piperazine rings is 1. The van der Waals surface area contributed by atoms with Crippen LogP contribution in [0.3, 0.4) is 0 Å². The van der Waals surface area contributed by atoms with Crippen LogP contribution < -0.4 is 4.74 Å². The van der Waals surface area contributed by atoms with Gasteiger partial charge in [-0.25, -0.2) is 4.79 Å². The highest BCUT2D eigenvalue weighted by Gasteiger charge is 2.22. The molecular formula is C24H28N2O5.